The molecule has 0 aromatic carbocycles. The lowest BCUT2D eigenvalue weighted by molar-refractivity contribution is 0.113. The lowest BCUT2D eigenvalue weighted by Gasteiger charge is -2.30. The second kappa shape index (κ2) is 6.75. The van der Waals surface area contributed by atoms with Gasteiger partial charge in [-0.2, -0.15) is 0 Å². The molecule has 0 radical (unpaired) electrons. The maximum Gasteiger partial charge on any atom is 0.0541 e. The average Bonchev–Trinajstić information content (AvgIpc) is 2.57. The highest BCUT2D eigenvalue weighted by molar-refractivity contribution is 4.82. The van der Waals surface area contributed by atoms with Crippen LogP contribution in [0.25, 0.3) is 0 Å². The van der Waals surface area contributed by atoms with Crippen LogP contribution in [0, 0.1) is 5.92 Å². The van der Waals surface area contributed by atoms with Crippen molar-refractivity contribution in [2.24, 2.45) is 5.92 Å². The highest BCUT2D eigenvalue weighted by atomic mass is 16.3. The van der Waals surface area contributed by atoms with Crippen LogP contribution in [0.5, 0.6) is 0 Å². The van der Waals surface area contributed by atoms with E-state index in [0.29, 0.717) is 6.04 Å². The van der Waals surface area contributed by atoms with Crippen molar-refractivity contribution >= 4 is 0 Å². The molecule has 2 heteroatoms. The monoisotopic (exact) mass is 239 g/mol. The predicted octanol–water partition coefficient (Wildman–Crippen LogP) is 3.24. The Labute approximate surface area is 106 Å². The van der Waals surface area contributed by atoms with Crippen LogP contribution in [0.2, 0.25) is 0 Å². The third-order valence-corrected chi connectivity index (χ3v) is 4.83. The number of hydrogen-bond donors (Lipinski definition) is 2. The molecule has 0 saturated heterocycles. The molecule has 2 nitrogen and oxygen atoms in total. The molecule has 17 heavy (non-hydrogen) atoms. The summed E-state index contributed by atoms with van der Waals surface area (Å²) >= 11 is 0. The normalized spacial score (nSPS) is 39.9. The van der Waals surface area contributed by atoms with E-state index in [2.05, 4.69) is 12.2 Å². The molecule has 0 spiro atoms. The maximum absolute atomic E-state index is 9.52. The molecule has 2 atom stereocenters. The van der Waals surface area contributed by atoms with Gasteiger partial charge in [0.1, 0.15) is 0 Å². The van der Waals surface area contributed by atoms with Gasteiger partial charge < -0.3 is 10.4 Å². The molecular weight excluding hydrogens is 210 g/mol. The van der Waals surface area contributed by atoms with Gasteiger partial charge in [-0.1, -0.05) is 26.2 Å². The third kappa shape index (κ3) is 4.26. The van der Waals surface area contributed by atoms with E-state index in [9.17, 15) is 5.11 Å². The highest BCUT2D eigenvalue weighted by Crippen LogP contribution is 2.27. The van der Waals surface area contributed by atoms with Crippen LogP contribution in [0.3, 0.4) is 0 Å². The topological polar surface area (TPSA) is 32.3 Å². The van der Waals surface area contributed by atoms with E-state index in [0.717, 1.165) is 24.8 Å². The maximum atomic E-state index is 9.52. The first-order valence-corrected chi connectivity index (χ1v) is 7.72. The summed E-state index contributed by atoms with van der Waals surface area (Å²) < 4.78 is 0. The first-order valence-electron chi connectivity index (χ1n) is 7.72. The van der Waals surface area contributed by atoms with E-state index in [1.54, 1.807) is 0 Å². The minimum atomic E-state index is -0.0216. The molecule has 2 unspecified atom stereocenters. The largest absolute Gasteiger partial charge is 0.393 e. The van der Waals surface area contributed by atoms with Gasteiger partial charge in [-0.15, -0.1) is 0 Å². The van der Waals surface area contributed by atoms with Gasteiger partial charge in [0.15, 0.2) is 0 Å². The Kier molecular flexibility index (Phi) is 5.30. The zero-order valence-electron chi connectivity index (χ0n) is 11.3. The molecule has 2 saturated carbocycles. The van der Waals surface area contributed by atoms with Crippen LogP contribution in [-0.2, 0) is 0 Å². The van der Waals surface area contributed by atoms with Crippen molar-refractivity contribution in [2.75, 3.05) is 0 Å². The quantitative estimate of drug-likeness (QED) is 0.741. The average molecular weight is 239 g/mol. The van der Waals surface area contributed by atoms with Crippen molar-refractivity contribution in [3.05, 3.63) is 0 Å². The van der Waals surface area contributed by atoms with Crippen molar-refractivity contribution in [1.29, 1.82) is 0 Å². The van der Waals surface area contributed by atoms with Gasteiger partial charge in [0.2, 0.25) is 0 Å². The van der Waals surface area contributed by atoms with Crippen molar-refractivity contribution in [1.82, 2.24) is 5.32 Å². The van der Waals surface area contributed by atoms with Gasteiger partial charge >= 0.3 is 0 Å². The lowest BCUT2D eigenvalue weighted by atomic mass is 9.92. The molecule has 0 aromatic heterocycles. The summed E-state index contributed by atoms with van der Waals surface area (Å²) in [6.45, 7) is 2.33. The van der Waals surface area contributed by atoms with Gasteiger partial charge in [0, 0.05) is 12.1 Å². The molecule has 2 aliphatic rings. The summed E-state index contributed by atoms with van der Waals surface area (Å²) in [4.78, 5) is 0. The van der Waals surface area contributed by atoms with Gasteiger partial charge in [0.25, 0.3) is 0 Å². The Morgan fingerprint density at radius 2 is 1.53 bits per heavy atom. The summed E-state index contributed by atoms with van der Waals surface area (Å²) in [6.07, 6.45) is 12.7. The molecule has 0 heterocycles. The fourth-order valence-corrected chi connectivity index (χ4v) is 3.53. The second-order valence-corrected chi connectivity index (χ2v) is 6.15. The van der Waals surface area contributed by atoms with E-state index in [-0.39, 0.29) is 6.10 Å². The number of hydrogen-bond acceptors (Lipinski definition) is 2. The van der Waals surface area contributed by atoms with Gasteiger partial charge in [0.05, 0.1) is 6.10 Å². The zero-order valence-corrected chi connectivity index (χ0v) is 11.3. The molecule has 0 bridgehead atoms. The molecule has 100 valence electrons. The molecule has 0 amide bonds. The van der Waals surface area contributed by atoms with Gasteiger partial charge in [-0.25, -0.2) is 0 Å². The lowest BCUT2D eigenvalue weighted by Crippen LogP contribution is -2.41. The summed E-state index contributed by atoms with van der Waals surface area (Å²) in [5.74, 6) is 0.981. The van der Waals surface area contributed by atoms with Crippen molar-refractivity contribution in [2.45, 2.75) is 89.3 Å². The minimum absolute atomic E-state index is 0.0216. The predicted molar refractivity (Wildman–Crippen MR) is 72.1 cm³/mol. The van der Waals surface area contributed by atoms with E-state index < -0.39 is 0 Å². The molecule has 2 rings (SSSR count). The number of nitrogens with one attached hydrogen (secondary N) is 1. The van der Waals surface area contributed by atoms with Crippen LogP contribution in [0.15, 0.2) is 0 Å². The van der Waals surface area contributed by atoms with E-state index in [4.69, 9.17) is 0 Å². The highest BCUT2D eigenvalue weighted by Gasteiger charge is 2.23. The molecule has 0 aliphatic heterocycles. The van der Waals surface area contributed by atoms with E-state index in [1.165, 1.54) is 51.4 Å². The molecular formula is C15H29NO. The molecule has 2 fully saturated rings. The molecule has 0 aromatic rings. The summed E-state index contributed by atoms with van der Waals surface area (Å²) in [5.41, 5.74) is 0. The van der Waals surface area contributed by atoms with E-state index >= 15 is 0 Å². The first-order chi connectivity index (χ1) is 8.28. The van der Waals surface area contributed by atoms with Crippen LogP contribution in [-0.4, -0.2) is 23.3 Å². The van der Waals surface area contributed by atoms with Crippen LogP contribution >= 0.6 is 0 Å². The Balaban J connectivity index is 1.71. The standard InChI is InChI=1S/C15H29NO/c1-2-12-4-3-5-13(7-6-12)16-14-8-10-15(17)11-9-14/h12-17H,2-11H2,1H3. The summed E-state index contributed by atoms with van der Waals surface area (Å²) in [5, 5.41) is 13.4. The third-order valence-electron chi connectivity index (χ3n) is 4.83. The number of aliphatic hydroxyl groups excluding tert-OH is 1. The summed E-state index contributed by atoms with van der Waals surface area (Å²) in [7, 11) is 0. The molecule has 2 N–H and O–H groups in total. The van der Waals surface area contributed by atoms with E-state index in [1.807, 2.05) is 0 Å². The first kappa shape index (κ1) is 13.4. The van der Waals surface area contributed by atoms with Crippen molar-refractivity contribution in [3.63, 3.8) is 0 Å². The second-order valence-electron chi connectivity index (χ2n) is 6.15. The number of rotatable bonds is 3. The van der Waals surface area contributed by atoms with Crippen molar-refractivity contribution < 1.29 is 5.11 Å². The van der Waals surface area contributed by atoms with Crippen molar-refractivity contribution in [3.8, 4) is 0 Å². The fraction of sp³-hybridized carbons (Fsp3) is 1.00. The summed E-state index contributed by atoms with van der Waals surface area (Å²) in [6, 6.07) is 1.44. The van der Waals surface area contributed by atoms with Crippen LogP contribution < -0.4 is 5.32 Å². The Morgan fingerprint density at radius 3 is 2.24 bits per heavy atom. The Bertz CT molecular complexity index is 211. The van der Waals surface area contributed by atoms with Gasteiger partial charge in [-0.05, 0) is 50.9 Å². The minimum Gasteiger partial charge on any atom is -0.393 e. The fourth-order valence-electron chi connectivity index (χ4n) is 3.53. The Hall–Kier alpha value is -0.0800. The number of aliphatic hydroxyl groups is 1. The van der Waals surface area contributed by atoms with Crippen LogP contribution in [0.4, 0.5) is 0 Å². The Morgan fingerprint density at radius 1 is 0.882 bits per heavy atom. The zero-order chi connectivity index (χ0) is 12.1. The molecule has 2 aliphatic carbocycles. The smallest absolute Gasteiger partial charge is 0.0541 e. The van der Waals surface area contributed by atoms with Gasteiger partial charge in [-0.3, -0.25) is 0 Å². The SMILES string of the molecule is CCC1CCCC(NC2CCC(O)CC2)CC1. The van der Waals surface area contributed by atoms with Crippen LogP contribution in [0.1, 0.15) is 71.1 Å².